The fraction of sp³-hybridized carbons (Fsp3) is 0.250. The number of halogens is 5. The van der Waals surface area contributed by atoms with Gasteiger partial charge in [-0.15, -0.1) is 0 Å². The molecule has 1 radical (unpaired) electrons. The number of hydrogen-bond donors (Lipinski definition) is 0. The van der Waals surface area contributed by atoms with Gasteiger partial charge in [-0.05, 0) is 6.92 Å². The van der Waals surface area contributed by atoms with E-state index in [1.807, 2.05) is 0 Å². The number of alkyl halides is 3. The van der Waals surface area contributed by atoms with Gasteiger partial charge in [0, 0.05) is 0 Å². The highest BCUT2D eigenvalue weighted by molar-refractivity contribution is 5.12. The fourth-order valence-corrected chi connectivity index (χ4v) is 0.107. The number of hydrogen-bond acceptors (Lipinski definition) is 0. The van der Waals surface area contributed by atoms with Gasteiger partial charge in [-0.1, -0.05) is 0 Å². The summed E-state index contributed by atoms with van der Waals surface area (Å²) < 4.78 is 55.3. The lowest BCUT2D eigenvalue weighted by Gasteiger charge is -2.02. The second kappa shape index (κ2) is 2.33. The molecule has 0 saturated carbocycles. The molecule has 0 aliphatic carbocycles. The van der Waals surface area contributed by atoms with Gasteiger partial charge in [-0.2, -0.15) is 22.0 Å². The zero-order chi connectivity index (χ0) is 7.65. The molecular formula is C4H2F5. The van der Waals surface area contributed by atoms with Crippen molar-refractivity contribution in [1.29, 1.82) is 0 Å². The van der Waals surface area contributed by atoms with Crippen LogP contribution >= 0.6 is 0 Å². The molecule has 5 heteroatoms. The van der Waals surface area contributed by atoms with Crippen molar-refractivity contribution in [1.82, 2.24) is 0 Å². The van der Waals surface area contributed by atoms with Crippen LogP contribution < -0.4 is 0 Å². The van der Waals surface area contributed by atoms with E-state index in [2.05, 4.69) is 6.92 Å². The maximum Gasteiger partial charge on any atom is 0.417 e. The van der Waals surface area contributed by atoms with E-state index in [1.54, 1.807) is 0 Å². The lowest BCUT2D eigenvalue weighted by Crippen LogP contribution is -2.09. The Labute approximate surface area is 48.0 Å². The Balaban J connectivity index is 4.40. The summed E-state index contributed by atoms with van der Waals surface area (Å²) in [5.41, 5.74) is -2.08. The van der Waals surface area contributed by atoms with Crippen LogP contribution in [0, 0.1) is 6.92 Å². The zero-order valence-corrected chi connectivity index (χ0v) is 4.10. The van der Waals surface area contributed by atoms with E-state index in [-0.39, 0.29) is 0 Å². The Kier molecular flexibility index (Phi) is 2.17. The van der Waals surface area contributed by atoms with Crippen molar-refractivity contribution < 1.29 is 22.0 Å². The van der Waals surface area contributed by atoms with E-state index in [1.165, 1.54) is 0 Å². The lowest BCUT2D eigenvalue weighted by molar-refractivity contribution is -0.0918. The van der Waals surface area contributed by atoms with Crippen molar-refractivity contribution >= 4 is 0 Å². The zero-order valence-electron chi connectivity index (χ0n) is 4.10. The predicted octanol–water partition coefficient (Wildman–Crippen LogP) is 2.53. The highest BCUT2D eigenvalue weighted by Gasteiger charge is 2.33. The van der Waals surface area contributed by atoms with Crippen LogP contribution in [0.3, 0.4) is 0 Å². The molecule has 0 aliphatic rings. The topological polar surface area (TPSA) is 0 Å². The van der Waals surface area contributed by atoms with Crippen molar-refractivity contribution in [3.05, 3.63) is 18.6 Å². The summed E-state index contributed by atoms with van der Waals surface area (Å²) in [7, 11) is 0. The summed E-state index contributed by atoms with van der Waals surface area (Å²) in [6.07, 6.45) is -7.79. The maximum absolute atomic E-state index is 11.1. The second-order valence-corrected chi connectivity index (χ2v) is 1.24. The highest BCUT2D eigenvalue weighted by atomic mass is 19.4. The van der Waals surface area contributed by atoms with E-state index in [0.717, 1.165) is 0 Å². The molecule has 9 heavy (non-hydrogen) atoms. The quantitative estimate of drug-likeness (QED) is 0.459. The average molecular weight is 145 g/mol. The van der Waals surface area contributed by atoms with E-state index in [9.17, 15) is 22.0 Å². The molecule has 0 unspecified atom stereocenters. The third kappa shape index (κ3) is 2.43. The standard InChI is InChI=1S/C4H2F5/c1-2(3(5)6)4(7,8)9/h1H2. The normalized spacial score (nSPS) is 11.3. The molecule has 0 aromatic rings. The first kappa shape index (κ1) is 8.39. The summed E-state index contributed by atoms with van der Waals surface area (Å²) >= 11 is 0. The van der Waals surface area contributed by atoms with E-state index in [4.69, 9.17) is 0 Å². The van der Waals surface area contributed by atoms with Gasteiger partial charge in [-0.25, -0.2) is 0 Å². The fourth-order valence-electron chi connectivity index (χ4n) is 0.107. The van der Waals surface area contributed by atoms with Crippen LogP contribution in [0.2, 0.25) is 0 Å². The van der Waals surface area contributed by atoms with Gasteiger partial charge >= 0.3 is 6.18 Å². The summed E-state index contributed by atoms with van der Waals surface area (Å²) in [5.74, 6) is 0. The van der Waals surface area contributed by atoms with Crippen molar-refractivity contribution in [2.45, 2.75) is 6.18 Å². The SMILES string of the molecule is [CH2]C(=C(F)F)C(F)(F)F. The molecule has 0 N–H and O–H groups in total. The smallest absolute Gasteiger partial charge is 0.173 e. The molecule has 53 valence electrons. The van der Waals surface area contributed by atoms with Gasteiger partial charge in [0.05, 0.1) is 5.57 Å². The van der Waals surface area contributed by atoms with Crippen LogP contribution in [0.15, 0.2) is 11.7 Å². The Morgan fingerprint density at radius 3 is 1.44 bits per heavy atom. The van der Waals surface area contributed by atoms with E-state index < -0.39 is 17.8 Å². The van der Waals surface area contributed by atoms with Crippen LogP contribution in [0.25, 0.3) is 0 Å². The van der Waals surface area contributed by atoms with Crippen molar-refractivity contribution in [2.75, 3.05) is 0 Å². The first-order chi connectivity index (χ1) is 3.85. The third-order valence-corrected chi connectivity index (χ3v) is 0.570. The summed E-state index contributed by atoms with van der Waals surface area (Å²) in [6, 6.07) is 0. The number of allylic oxidation sites excluding steroid dienone is 1. The highest BCUT2D eigenvalue weighted by Crippen LogP contribution is 2.27. The van der Waals surface area contributed by atoms with Crippen molar-refractivity contribution in [3.63, 3.8) is 0 Å². The third-order valence-electron chi connectivity index (χ3n) is 0.570. The molecule has 0 atom stereocenters. The summed E-state index contributed by atoms with van der Waals surface area (Å²) in [4.78, 5) is 0. The van der Waals surface area contributed by atoms with Gasteiger partial charge in [-0.3, -0.25) is 0 Å². The Morgan fingerprint density at radius 1 is 1.11 bits per heavy atom. The lowest BCUT2D eigenvalue weighted by atomic mass is 10.3. The molecule has 0 aromatic carbocycles. The molecule has 0 bridgehead atoms. The molecule has 0 aromatic heterocycles. The predicted molar refractivity (Wildman–Crippen MR) is 20.7 cm³/mol. The molecule has 0 saturated heterocycles. The van der Waals surface area contributed by atoms with Gasteiger partial charge < -0.3 is 0 Å². The first-order valence-electron chi connectivity index (χ1n) is 1.80. The first-order valence-corrected chi connectivity index (χ1v) is 1.80. The molecule has 0 aliphatic heterocycles. The summed E-state index contributed by atoms with van der Waals surface area (Å²) in [5, 5.41) is 0. The minimum absolute atomic E-state index is 2.08. The van der Waals surface area contributed by atoms with E-state index in [0.29, 0.717) is 0 Å². The van der Waals surface area contributed by atoms with Gasteiger partial charge in [0.25, 0.3) is 6.08 Å². The number of rotatable bonds is 0. The monoisotopic (exact) mass is 145 g/mol. The summed E-state index contributed by atoms with van der Waals surface area (Å²) in [6.45, 7) is 2.11. The van der Waals surface area contributed by atoms with Crippen LogP contribution in [0.4, 0.5) is 22.0 Å². The van der Waals surface area contributed by atoms with Crippen molar-refractivity contribution in [2.24, 2.45) is 0 Å². The van der Waals surface area contributed by atoms with Gasteiger partial charge in [0.2, 0.25) is 0 Å². The van der Waals surface area contributed by atoms with Crippen molar-refractivity contribution in [3.8, 4) is 0 Å². The van der Waals surface area contributed by atoms with Crippen LogP contribution in [-0.2, 0) is 0 Å². The molecule has 0 fully saturated rings. The average Bonchev–Trinajstić information content (AvgIpc) is 1.62. The van der Waals surface area contributed by atoms with E-state index >= 15 is 0 Å². The molecule has 0 nitrogen and oxygen atoms in total. The molecule has 0 amide bonds. The Morgan fingerprint density at radius 2 is 1.44 bits per heavy atom. The Bertz CT molecular complexity index is 126. The van der Waals surface area contributed by atoms with Crippen LogP contribution in [0.1, 0.15) is 0 Å². The minimum atomic E-state index is -5.00. The second-order valence-electron chi connectivity index (χ2n) is 1.24. The molecular weight excluding hydrogens is 143 g/mol. The minimum Gasteiger partial charge on any atom is -0.173 e. The molecule has 0 rings (SSSR count). The largest absolute Gasteiger partial charge is 0.417 e. The Hall–Kier alpha value is -0.610. The molecule has 0 spiro atoms. The molecule has 0 heterocycles. The van der Waals surface area contributed by atoms with Crippen LogP contribution in [-0.4, -0.2) is 6.18 Å². The van der Waals surface area contributed by atoms with Gasteiger partial charge in [0.1, 0.15) is 0 Å². The maximum atomic E-state index is 11.1. The van der Waals surface area contributed by atoms with Gasteiger partial charge in [0.15, 0.2) is 0 Å². The van der Waals surface area contributed by atoms with Crippen LogP contribution in [0.5, 0.6) is 0 Å².